The molecule has 6 heteroatoms. The second-order valence-corrected chi connectivity index (χ2v) is 4.38. The molecule has 114 valence electrons. The van der Waals surface area contributed by atoms with Gasteiger partial charge in [-0.25, -0.2) is 0 Å². The fraction of sp³-hybridized carbons (Fsp3) is 0.571. The highest BCUT2D eigenvalue weighted by atomic mass is 19.4. The van der Waals surface area contributed by atoms with Gasteiger partial charge in [0.25, 0.3) is 0 Å². The molecule has 0 heterocycles. The maximum atomic E-state index is 12.1. The van der Waals surface area contributed by atoms with E-state index < -0.39 is 19.2 Å². The number of ether oxygens (including phenoxy) is 2. The van der Waals surface area contributed by atoms with Crippen molar-refractivity contribution in [3.8, 4) is 11.5 Å². The summed E-state index contributed by atoms with van der Waals surface area (Å²) in [5.74, 6) is 0.777. The maximum absolute atomic E-state index is 12.1. The molecular formula is C14H20F3NO2. The first-order valence-electron chi connectivity index (χ1n) is 6.53. The van der Waals surface area contributed by atoms with Gasteiger partial charge in [-0.1, -0.05) is 13.0 Å². The van der Waals surface area contributed by atoms with Crippen molar-refractivity contribution in [1.29, 1.82) is 0 Å². The minimum Gasteiger partial charge on any atom is -0.493 e. The second-order valence-electron chi connectivity index (χ2n) is 4.38. The zero-order chi connectivity index (χ0) is 15.0. The Morgan fingerprint density at radius 1 is 1.20 bits per heavy atom. The molecule has 0 radical (unpaired) electrons. The van der Waals surface area contributed by atoms with Gasteiger partial charge >= 0.3 is 6.18 Å². The van der Waals surface area contributed by atoms with E-state index in [1.165, 1.54) is 7.11 Å². The van der Waals surface area contributed by atoms with Crippen molar-refractivity contribution in [3.63, 3.8) is 0 Å². The Morgan fingerprint density at radius 3 is 2.55 bits per heavy atom. The minimum absolute atomic E-state index is 0.340. The molecule has 0 unspecified atom stereocenters. The number of alkyl halides is 3. The van der Waals surface area contributed by atoms with E-state index in [0.29, 0.717) is 18.0 Å². The number of halogens is 3. The standard InChI is InChI=1S/C14H20F3NO2/c1-3-7-18-10-11-4-5-12(19-2)13(9-11)20-8-6-14(15,16)17/h4-5,9,18H,3,6-8,10H2,1-2H3. The molecular weight excluding hydrogens is 271 g/mol. The van der Waals surface area contributed by atoms with E-state index in [4.69, 9.17) is 9.47 Å². The third-order valence-corrected chi connectivity index (χ3v) is 2.63. The molecule has 0 spiro atoms. The van der Waals surface area contributed by atoms with Gasteiger partial charge in [-0.05, 0) is 30.7 Å². The molecule has 1 N–H and O–H groups in total. The van der Waals surface area contributed by atoms with E-state index in [2.05, 4.69) is 12.2 Å². The predicted molar refractivity (Wildman–Crippen MR) is 71.2 cm³/mol. The van der Waals surface area contributed by atoms with Crippen molar-refractivity contribution in [3.05, 3.63) is 23.8 Å². The Bertz CT molecular complexity index is 408. The van der Waals surface area contributed by atoms with Crippen molar-refractivity contribution in [1.82, 2.24) is 5.32 Å². The number of rotatable bonds is 8. The molecule has 3 nitrogen and oxygen atoms in total. The topological polar surface area (TPSA) is 30.5 Å². The Morgan fingerprint density at radius 2 is 1.95 bits per heavy atom. The monoisotopic (exact) mass is 291 g/mol. The smallest absolute Gasteiger partial charge is 0.392 e. The lowest BCUT2D eigenvalue weighted by atomic mass is 10.2. The first-order chi connectivity index (χ1) is 9.46. The molecule has 0 saturated heterocycles. The van der Waals surface area contributed by atoms with E-state index in [9.17, 15) is 13.2 Å². The van der Waals surface area contributed by atoms with Crippen LogP contribution in [0.15, 0.2) is 18.2 Å². The molecule has 0 fully saturated rings. The van der Waals surface area contributed by atoms with Gasteiger partial charge in [-0.2, -0.15) is 13.2 Å². The number of nitrogens with one attached hydrogen (secondary N) is 1. The van der Waals surface area contributed by atoms with Gasteiger partial charge in [0, 0.05) is 6.54 Å². The van der Waals surface area contributed by atoms with Crippen LogP contribution in [0.25, 0.3) is 0 Å². The molecule has 1 aromatic carbocycles. The summed E-state index contributed by atoms with van der Waals surface area (Å²) in [6.45, 7) is 3.18. The number of hydrogen-bond donors (Lipinski definition) is 1. The van der Waals surface area contributed by atoms with E-state index in [1.807, 2.05) is 6.07 Å². The largest absolute Gasteiger partial charge is 0.493 e. The lowest BCUT2D eigenvalue weighted by molar-refractivity contribution is -0.139. The van der Waals surface area contributed by atoms with Crippen LogP contribution in [0.5, 0.6) is 11.5 Å². The summed E-state index contributed by atoms with van der Waals surface area (Å²) in [6, 6.07) is 5.27. The highest BCUT2D eigenvalue weighted by Gasteiger charge is 2.27. The van der Waals surface area contributed by atoms with Gasteiger partial charge < -0.3 is 14.8 Å². The Balaban J connectivity index is 2.63. The van der Waals surface area contributed by atoms with Gasteiger partial charge in [0.2, 0.25) is 0 Å². The molecule has 0 aromatic heterocycles. The molecule has 1 rings (SSSR count). The highest BCUT2D eigenvalue weighted by Crippen LogP contribution is 2.29. The van der Waals surface area contributed by atoms with Crippen LogP contribution in [0.2, 0.25) is 0 Å². The fourth-order valence-electron chi connectivity index (χ4n) is 1.63. The van der Waals surface area contributed by atoms with E-state index >= 15 is 0 Å². The SMILES string of the molecule is CCCNCc1ccc(OC)c(OCCC(F)(F)F)c1. The molecule has 0 amide bonds. The summed E-state index contributed by atoms with van der Waals surface area (Å²) in [5.41, 5.74) is 0.946. The summed E-state index contributed by atoms with van der Waals surface area (Å²) in [6.07, 6.45) is -4.17. The van der Waals surface area contributed by atoms with Gasteiger partial charge in [0.05, 0.1) is 20.1 Å². The van der Waals surface area contributed by atoms with Gasteiger partial charge in [-0.3, -0.25) is 0 Å². The average Bonchev–Trinajstić information content (AvgIpc) is 2.38. The summed E-state index contributed by atoms with van der Waals surface area (Å²) in [4.78, 5) is 0. The van der Waals surface area contributed by atoms with Crippen molar-refractivity contribution in [2.75, 3.05) is 20.3 Å². The van der Waals surface area contributed by atoms with Crippen LogP contribution in [0.4, 0.5) is 13.2 Å². The van der Waals surface area contributed by atoms with E-state index in [1.54, 1.807) is 12.1 Å². The number of hydrogen-bond acceptors (Lipinski definition) is 3. The van der Waals surface area contributed by atoms with Crippen LogP contribution in [0.1, 0.15) is 25.3 Å². The summed E-state index contributed by atoms with van der Waals surface area (Å²) in [7, 11) is 1.46. The Hall–Kier alpha value is -1.43. The van der Waals surface area contributed by atoms with Gasteiger partial charge in [-0.15, -0.1) is 0 Å². The molecule has 0 bridgehead atoms. The molecule has 0 atom stereocenters. The summed E-state index contributed by atoms with van der Waals surface area (Å²) in [5, 5.41) is 3.22. The number of benzene rings is 1. The zero-order valence-corrected chi connectivity index (χ0v) is 11.7. The molecule has 0 aliphatic carbocycles. The van der Waals surface area contributed by atoms with Gasteiger partial charge in [0.1, 0.15) is 0 Å². The van der Waals surface area contributed by atoms with Gasteiger partial charge in [0.15, 0.2) is 11.5 Å². The molecule has 1 aromatic rings. The first kappa shape index (κ1) is 16.6. The zero-order valence-electron chi connectivity index (χ0n) is 11.7. The minimum atomic E-state index is -4.21. The maximum Gasteiger partial charge on any atom is 0.392 e. The third-order valence-electron chi connectivity index (χ3n) is 2.63. The van der Waals surface area contributed by atoms with E-state index in [0.717, 1.165) is 18.5 Å². The van der Waals surface area contributed by atoms with Crippen LogP contribution in [-0.4, -0.2) is 26.4 Å². The summed E-state index contributed by atoms with van der Waals surface area (Å²) < 4.78 is 46.6. The quantitative estimate of drug-likeness (QED) is 0.743. The lowest BCUT2D eigenvalue weighted by Gasteiger charge is -2.13. The Kier molecular flexibility index (Phi) is 6.64. The van der Waals surface area contributed by atoms with Crippen LogP contribution < -0.4 is 14.8 Å². The lowest BCUT2D eigenvalue weighted by Crippen LogP contribution is -2.15. The normalized spacial score (nSPS) is 11.4. The van der Waals surface area contributed by atoms with Crippen LogP contribution >= 0.6 is 0 Å². The van der Waals surface area contributed by atoms with Crippen molar-refractivity contribution in [2.45, 2.75) is 32.5 Å². The van der Waals surface area contributed by atoms with Crippen molar-refractivity contribution in [2.24, 2.45) is 0 Å². The average molecular weight is 291 g/mol. The predicted octanol–water partition coefficient (Wildman–Crippen LogP) is 3.53. The molecule has 0 aliphatic heterocycles. The molecule has 0 saturated carbocycles. The first-order valence-corrected chi connectivity index (χ1v) is 6.53. The second kappa shape index (κ2) is 7.99. The van der Waals surface area contributed by atoms with Crippen molar-refractivity contribution >= 4 is 0 Å². The molecule has 20 heavy (non-hydrogen) atoms. The van der Waals surface area contributed by atoms with Crippen molar-refractivity contribution < 1.29 is 22.6 Å². The number of methoxy groups -OCH3 is 1. The molecule has 0 aliphatic rings. The third kappa shape index (κ3) is 6.14. The highest BCUT2D eigenvalue weighted by molar-refractivity contribution is 5.42. The van der Waals surface area contributed by atoms with Crippen LogP contribution in [0.3, 0.4) is 0 Å². The summed E-state index contributed by atoms with van der Waals surface area (Å²) >= 11 is 0. The fourth-order valence-corrected chi connectivity index (χ4v) is 1.63. The van der Waals surface area contributed by atoms with E-state index in [-0.39, 0.29) is 0 Å². The Labute approximate surface area is 117 Å². The van der Waals surface area contributed by atoms with Crippen LogP contribution in [-0.2, 0) is 6.54 Å². The van der Waals surface area contributed by atoms with Crippen LogP contribution in [0, 0.1) is 0 Å².